The van der Waals surface area contributed by atoms with Crippen LogP contribution >= 0.6 is 0 Å². The SMILES string of the molecule is CCN1/C(=C/C=C2\C(=O)N(c3ccc(S(N)(=O)=O)cc3)N=C2c2ccc(C#N)cc2)C(C)(C)c2ccccc21. The number of carbonyl (C=O) groups excluding carboxylic acids is 1. The van der Waals surface area contributed by atoms with E-state index in [1.165, 1.54) is 34.8 Å². The molecule has 0 saturated carbocycles. The van der Waals surface area contributed by atoms with Gasteiger partial charge in [-0.25, -0.2) is 13.6 Å². The maximum atomic E-state index is 13.7. The van der Waals surface area contributed by atoms with Crippen molar-refractivity contribution >= 4 is 33.0 Å². The molecule has 2 aliphatic heterocycles. The fourth-order valence-corrected chi connectivity index (χ4v) is 5.59. The van der Waals surface area contributed by atoms with Gasteiger partial charge in [0.2, 0.25) is 10.0 Å². The lowest BCUT2D eigenvalue weighted by molar-refractivity contribution is -0.114. The summed E-state index contributed by atoms with van der Waals surface area (Å²) >= 11 is 0. The monoisotopic (exact) mass is 537 g/mol. The number of nitrogens with two attached hydrogens (primary N) is 1. The molecule has 0 atom stereocenters. The van der Waals surface area contributed by atoms with Crippen LogP contribution in [0.25, 0.3) is 0 Å². The average molecular weight is 538 g/mol. The number of allylic oxidation sites excluding steroid dienone is 3. The maximum absolute atomic E-state index is 13.7. The predicted molar refractivity (Wildman–Crippen MR) is 152 cm³/mol. The van der Waals surface area contributed by atoms with E-state index < -0.39 is 10.0 Å². The number of primary sulfonamides is 1. The first-order valence-electron chi connectivity index (χ1n) is 12.4. The number of anilines is 2. The molecule has 0 unspecified atom stereocenters. The summed E-state index contributed by atoms with van der Waals surface area (Å²) in [5.74, 6) is -0.356. The highest BCUT2D eigenvalue weighted by Crippen LogP contribution is 2.47. The van der Waals surface area contributed by atoms with Crippen molar-refractivity contribution in [3.8, 4) is 6.07 Å². The third kappa shape index (κ3) is 4.54. The summed E-state index contributed by atoms with van der Waals surface area (Å²) in [5.41, 5.74) is 5.55. The molecule has 8 nitrogen and oxygen atoms in total. The molecule has 3 aromatic carbocycles. The summed E-state index contributed by atoms with van der Waals surface area (Å²) in [6, 6.07) is 22.9. The summed E-state index contributed by atoms with van der Waals surface area (Å²) in [7, 11) is -3.88. The lowest BCUT2D eigenvalue weighted by Crippen LogP contribution is -2.26. The number of benzene rings is 3. The summed E-state index contributed by atoms with van der Waals surface area (Å²) < 4.78 is 23.4. The van der Waals surface area contributed by atoms with Gasteiger partial charge in [0.15, 0.2) is 0 Å². The number of fused-ring (bicyclic) bond motifs is 1. The number of sulfonamides is 1. The van der Waals surface area contributed by atoms with E-state index in [-0.39, 0.29) is 16.2 Å². The molecule has 2 heterocycles. The Kier molecular flexibility index (Phi) is 6.46. The van der Waals surface area contributed by atoms with E-state index in [0.29, 0.717) is 28.1 Å². The number of nitriles is 1. The number of rotatable bonds is 5. The van der Waals surface area contributed by atoms with Gasteiger partial charge in [0.05, 0.1) is 27.8 Å². The van der Waals surface area contributed by atoms with Crippen molar-refractivity contribution < 1.29 is 13.2 Å². The van der Waals surface area contributed by atoms with E-state index in [1.54, 1.807) is 30.3 Å². The van der Waals surface area contributed by atoms with Gasteiger partial charge in [0, 0.05) is 28.9 Å². The van der Waals surface area contributed by atoms with Crippen LogP contribution in [0.3, 0.4) is 0 Å². The zero-order chi connectivity index (χ0) is 27.9. The smallest absolute Gasteiger partial charge is 0.281 e. The van der Waals surface area contributed by atoms with Crippen LogP contribution < -0.4 is 15.0 Å². The van der Waals surface area contributed by atoms with Crippen LogP contribution in [0.1, 0.15) is 37.5 Å². The van der Waals surface area contributed by atoms with Crippen LogP contribution in [-0.4, -0.2) is 26.6 Å². The third-order valence-corrected chi connectivity index (χ3v) is 8.03. The molecule has 196 valence electrons. The van der Waals surface area contributed by atoms with Crippen LogP contribution in [0.5, 0.6) is 0 Å². The first kappa shape index (κ1) is 26.1. The maximum Gasteiger partial charge on any atom is 0.281 e. The Bertz CT molecular complexity index is 1710. The first-order chi connectivity index (χ1) is 18.6. The minimum absolute atomic E-state index is 0.0580. The number of para-hydroxylation sites is 1. The molecule has 2 N–H and O–H groups in total. The number of hydrogen-bond acceptors (Lipinski definition) is 6. The van der Waals surface area contributed by atoms with E-state index in [1.807, 2.05) is 18.2 Å². The number of hydrazone groups is 1. The van der Waals surface area contributed by atoms with Crippen molar-refractivity contribution in [1.29, 1.82) is 5.26 Å². The molecule has 0 fully saturated rings. The van der Waals surface area contributed by atoms with Crippen LogP contribution in [0.15, 0.2) is 106 Å². The van der Waals surface area contributed by atoms with Crippen LogP contribution in [0.4, 0.5) is 11.4 Å². The lowest BCUT2D eigenvalue weighted by Gasteiger charge is -2.26. The number of hydrogen-bond donors (Lipinski definition) is 1. The summed E-state index contributed by atoms with van der Waals surface area (Å²) in [5, 5.41) is 20.3. The Morgan fingerprint density at radius 3 is 2.28 bits per heavy atom. The summed E-state index contributed by atoms with van der Waals surface area (Å²) in [6.45, 7) is 7.19. The van der Waals surface area contributed by atoms with Gasteiger partial charge in [-0.1, -0.05) is 44.2 Å². The quantitative estimate of drug-likeness (QED) is 0.478. The van der Waals surface area contributed by atoms with Crippen molar-refractivity contribution in [2.75, 3.05) is 16.5 Å². The number of likely N-dealkylation sites (N-methyl/N-ethyl adjacent to an activating group) is 1. The fraction of sp³-hybridized carbons (Fsp3) is 0.167. The molecule has 3 aromatic rings. The molecular weight excluding hydrogens is 510 g/mol. The molecular formula is C30H27N5O3S. The normalized spacial score (nSPS) is 18.4. The number of nitrogens with zero attached hydrogens (tertiary/aromatic N) is 4. The van der Waals surface area contributed by atoms with E-state index in [4.69, 9.17) is 5.14 Å². The molecule has 5 rings (SSSR count). The summed E-state index contributed by atoms with van der Waals surface area (Å²) in [4.78, 5) is 15.9. The van der Waals surface area contributed by atoms with Crippen molar-refractivity contribution in [2.45, 2.75) is 31.1 Å². The largest absolute Gasteiger partial charge is 0.344 e. The third-order valence-electron chi connectivity index (χ3n) is 7.10. The fourth-order valence-electron chi connectivity index (χ4n) is 5.08. The molecule has 9 heteroatoms. The average Bonchev–Trinajstić information content (AvgIpc) is 3.37. The Hall–Kier alpha value is -4.52. The van der Waals surface area contributed by atoms with Gasteiger partial charge in [0.1, 0.15) is 5.71 Å². The summed E-state index contributed by atoms with van der Waals surface area (Å²) in [6.07, 6.45) is 3.77. The molecule has 0 aliphatic carbocycles. The second-order valence-corrected chi connectivity index (χ2v) is 11.4. The van der Waals surface area contributed by atoms with Gasteiger partial charge in [0.25, 0.3) is 5.91 Å². The molecule has 0 saturated heterocycles. The van der Waals surface area contributed by atoms with E-state index in [9.17, 15) is 18.5 Å². The van der Waals surface area contributed by atoms with Gasteiger partial charge in [-0.3, -0.25) is 4.79 Å². The van der Waals surface area contributed by atoms with Gasteiger partial charge in [-0.15, -0.1) is 0 Å². The van der Waals surface area contributed by atoms with E-state index in [0.717, 1.165) is 17.9 Å². The van der Waals surface area contributed by atoms with Crippen molar-refractivity contribution in [1.82, 2.24) is 0 Å². The highest BCUT2D eigenvalue weighted by molar-refractivity contribution is 7.89. The molecule has 1 amide bonds. The van der Waals surface area contributed by atoms with Gasteiger partial charge < -0.3 is 4.90 Å². The minimum Gasteiger partial charge on any atom is -0.344 e. The second kappa shape index (κ2) is 9.66. The molecule has 0 radical (unpaired) electrons. The lowest BCUT2D eigenvalue weighted by atomic mass is 9.83. The van der Waals surface area contributed by atoms with Crippen molar-refractivity contribution in [3.63, 3.8) is 0 Å². The Morgan fingerprint density at radius 2 is 1.67 bits per heavy atom. The predicted octanol–water partition coefficient (Wildman–Crippen LogP) is 4.58. The van der Waals surface area contributed by atoms with E-state index >= 15 is 0 Å². The highest BCUT2D eigenvalue weighted by Gasteiger charge is 2.39. The molecule has 0 spiro atoms. The van der Waals surface area contributed by atoms with Gasteiger partial charge >= 0.3 is 0 Å². The number of carbonyl (C=O) groups is 1. The first-order valence-corrected chi connectivity index (χ1v) is 14.0. The Labute approximate surface area is 228 Å². The van der Waals surface area contributed by atoms with Crippen molar-refractivity contribution in [2.24, 2.45) is 10.2 Å². The minimum atomic E-state index is -3.88. The number of amides is 1. The Morgan fingerprint density at radius 1 is 1.00 bits per heavy atom. The van der Waals surface area contributed by atoms with Crippen LogP contribution in [0, 0.1) is 11.3 Å². The van der Waals surface area contributed by atoms with Crippen LogP contribution in [-0.2, 0) is 20.2 Å². The molecule has 2 aliphatic rings. The second-order valence-electron chi connectivity index (χ2n) is 9.81. The zero-order valence-electron chi connectivity index (χ0n) is 21.8. The van der Waals surface area contributed by atoms with E-state index in [2.05, 4.69) is 49.0 Å². The topological polar surface area (TPSA) is 120 Å². The Balaban J connectivity index is 1.61. The van der Waals surface area contributed by atoms with Crippen molar-refractivity contribution in [3.05, 3.63) is 113 Å². The van der Waals surface area contributed by atoms with Gasteiger partial charge in [-0.2, -0.15) is 15.4 Å². The molecule has 0 aromatic heterocycles. The highest BCUT2D eigenvalue weighted by atomic mass is 32.2. The van der Waals surface area contributed by atoms with Crippen LogP contribution in [0.2, 0.25) is 0 Å². The standard InChI is InChI=1S/C30H27N5O3S/c1-4-34-26-8-6-5-7-25(26)30(2,3)27(34)18-17-24-28(21-11-9-20(19-31)10-12-21)33-35(29(24)36)22-13-15-23(16-14-22)39(32,37)38/h5-18H,4H2,1-3H3,(H2,32,37,38)/b24-17-,27-18+. The zero-order valence-corrected chi connectivity index (χ0v) is 22.6. The molecule has 39 heavy (non-hydrogen) atoms. The molecule has 0 bridgehead atoms. The van der Waals surface area contributed by atoms with Gasteiger partial charge in [-0.05, 0) is 67.1 Å².